The van der Waals surface area contributed by atoms with Crippen LogP contribution in [0.15, 0.2) is 53.1 Å². The maximum atomic E-state index is 12.9. The normalized spacial score (nSPS) is 11.7. The fourth-order valence-electron chi connectivity index (χ4n) is 2.51. The fourth-order valence-corrected chi connectivity index (χ4v) is 2.51. The molecule has 0 N–H and O–H groups in total. The second-order valence-corrected chi connectivity index (χ2v) is 6.83. The van der Waals surface area contributed by atoms with Crippen molar-refractivity contribution in [3.05, 3.63) is 65.7 Å². The van der Waals surface area contributed by atoms with Gasteiger partial charge >= 0.3 is 5.97 Å². The monoisotopic (exact) mass is 326 g/mol. The minimum Gasteiger partial charge on any atom is -0.464 e. The predicted octanol–water partition coefficient (Wildman–Crippen LogP) is 5.02. The Morgan fingerprint density at radius 3 is 2.50 bits per heavy atom. The summed E-state index contributed by atoms with van der Waals surface area (Å²) in [5.74, 6) is -0.458. The highest BCUT2D eigenvalue weighted by molar-refractivity contribution is 5.87. The van der Waals surface area contributed by atoms with Crippen LogP contribution in [0.3, 0.4) is 0 Å². The predicted molar refractivity (Wildman–Crippen MR) is 90.7 cm³/mol. The lowest BCUT2D eigenvalue weighted by Gasteiger charge is -2.18. The summed E-state index contributed by atoms with van der Waals surface area (Å²) >= 11 is 0. The molecule has 0 saturated heterocycles. The van der Waals surface area contributed by atoms with Gasteiger partial charge in [0.15, 0.2) is 0 Å². The van der Waals surface area contributed by atoms with Gasteiger partial charge in [-0.1, -0.05) is 26.8 Å². The van der Waals surface area contributed by atoms with Crippen LogP contribution in [0.5, 0.6) is 5.75 Å². The first kappa shape index (κ1) is 16.2. The van der Waals surface area contributed by atoms with Crippen molar-refractivity contribution < 1.29 is 18.3 Å². The molecule has 0 aliphatic carbocycles. The number of ether oxygens (including phenoxy) is 1. The fraction of sp³-hybridized carbons (Fsp3) is 0.250. The first-order valence-electron chi connectivity index (χ1n) is 7.80. The summed E-state index contributed by atoms with van der Waals surface area (Å²) in [7, 11) is 0. The van der Waals surface area contributed by atoms with E-state index >= 15 is 0 Å². The van der Waals surface area contributed by atoms with Crippen LogP contribution in [0.4, 0.5) is 4.39 Å². The van der Waals surface area contributed by atoms with Crippen LogP contribution < -0.4 is 4.74 Å². The molecule has 2 aromatic carbocycles. The molecule has 3 nitrogen and oxygen atoms in total. The highest BCUT2D eigenvalue weighted by atomic mass is 19.1. The van der Waals surface area contributed by atoms with Crippen molar-refractivity contribution in [1.29, 1.82) is 0 Å². The molecule has 3 aromatic rings. The number of rotatable bonds is 3. The first-order valence-corrected chi connectivity index (χ1v) is 7.80. The molecule has 3 rings (SSSR count). The quantitative estimate of drug-likeness (QED) is 0.501. The number of esters is 1. The van der Waals surface area contributed by atoms with E-state index < -0.39 is 5.97 Å². The third-order valence-electron chi connectivity index (χ3n) is 3.90. The lowest BCUT2D eigenvalue weighted by Crippen LogP contribution is -2.12. The van der Waals surface area contributed by atoms with Gasteiger partial charge in [-0.05, 0) is 47.4 Å². The van der Waals surface area contributed by atoms with Crippen molar-refractivity contribution in [2.45, 2.75) is 32.6 Å². The Morgan fingerprint density at radius 1 is 1.12 bits per heavy atom. The van der Waals surface area contributed by atoms with Crippen molar-refractivity contribution in [3.63, 3.8) is 0 Å². The smallest absolute Gasteiger partial charge is 0.315 e. The van der Waals surface area contributed by atoms with E-state index in [-0.39, 0.29) is 17.7 Å². The Labute approximate surface area is 140 Å². The summed E-state index contributed by atoms with van der Waals surface area (Å²) in [5.41, 5.74) is 2.71. The minimum atomic E-state index is -0.412. The zero-order valence-electron chi connectivity index (χ0n) is 13.9. The van der Waals surface area contributed by atoms with Crippen molar-refractivity contribution in [2.75, 3.05) is 0 Å². The van der Waals surface area contributed by atoms with Gasteiger partial charge in [0.25, 0.3) is 0 Å². The number of benzene rings is 2. The lowest BCUT2D eigenvalue weighted by atomic mass is 9.86. The molecular weight excluding hydrogens is 307 g/mol. The second kappa shape index (κ2) is 6.11. The first-order chi connectivity index (χ1) is 11.3. The molecule has 0 saturated carbocycles. The van der Waals surface area contributed by atoms with Crippen molar-refractivity contribution in [2.24, 2.45) is 0 Å². The Morgan fingerprint density at radius 2 is 1.83 bits per heavy atom. The van der Waals surface area contributed by atoms with Crippen LogP contribution in [0, 0.1) is 5.82 Å². The highest BCUT2D eigenvalue weighted by Crippen LogP contribution is 2.29. The van der Waals surface area contributed by atoms with Gasteiger partial charge in [0.2, 0.25) is 0 Å². The second-order valence-electron chi connectivity index (χ2n) is 6.83. The Balaban J connectivity index is 1.81. The molecule has 0 bridgehead atoms. The van der Waals surface area contributed by atoms with Gasteiger partial charge in [-0.25, -0.2) is 4.39 Å². The van der Waals surface area contributed by atoms with E-state index in [0.29, 0.717) is 5.75 Å². The third-order valence-corrected chi connectivity index (χ3v) is 3.90. The topological polar surface area (TPSA) is 39.4 Å². The summed E-state index contributed by atoms with van der Waals surface area (Å²) < 4.78 is 23.7. The number of hydrogen-bond donors (Lipinski definition) is 0. The largest absolute Gasteiger partial charge is 0.464 e. The Bertz CT molecular complexity index is 870. The molecule has 1 heterocycles. The van der Waals surface area contributed by atoms with E-state index in [1.54, 1.807) is 6.26 Å². The molecule has 124 valence electrons. The zero-order chi connectivity index (χ0) is 17.3. The summed E-state index contributed by atoms with van der Waals surface area (Å²) in [6.07, 6.45) is 1.68. The van der Waals surface area contributed by atoms with Crippen LogP contribution in [-0.4, -0.2) is 5.97 Å². The SMILES string of the molecule is CC(C)(C)c1ccc2occ(CC(=O)Oc3ccc(F)cc3)c2c1. The maximum Gasteiger partial charge on any atom is 0.315 e. The van der Waals surface area contributed by atoms with Crippen molar-refractivity contribution >= 4 is 16.9 Å². The molecule has 0 spiro atoms. The van der Waals surface area contributed by atoms with Gasteiger partial charge in [-0.2, -0.15) is 0 Å². The number of carbonyl (C=O) groups excluding carboxylic acids is 1. The van der Waals surface area contributed by atoms with Crippen LogP contribution in [0.25, 0.3) is 11.0 Å². The molecule has 0 aliphatic rings. The highest BCUT2D eigenvalue weighted by Gasteiger charge is 2.17. The summed E-state index contributed by atoms with van der Waals surface area (Å²) in [4.78, 5) is 12.1. The van der Waals surface area contributed by atoms with E-state index in [0.717, 1.165) is 16.5 Å². The van der Waals surface area contributed by atoms with Crippen LogP contribution in [0.1, 0.15) is 31.9 Å². The van der Waals surface area contributed by atoms with Crippen LogP contribution in [0.2, 0.25) is 0 Å². The zero-order valence-corrected chi connectivity index (χ0v) is 13.9. The maximum absolute atomic E-state index is 12.9. The number of hydrogen-bond acceptors (Lipinski definition) is 3. The third kappa shape index (κ3) is 3.48. The minimum absolute atomic E-state index is 0.0113. The van der Waals surface area contributed by atoms with E-state index in [1.165, 1.54) is 29.8 Å². The molecule has 0 amide bonds. The van der Waals surface area contributed by atoms with Gasteiger partial charge in [0.05, 0.1) is 12.7 Å². The summed E-state index contributed by atoms with van der Waals surface area (Å²) in [6.45, 7) is 6.41. The number of furan rings is 1. The van der Waals surface area contributed by atoms with Gasteiger partial charge in [0, 0.05) is 10.9 Å². The number of halogens is 1. The van der Waals surface area contributed by atoms with Gasteiger partial charge in [0.1, 0.15) is 17.1 Å². The molecule has 4 heteroatoms. The van der Waals surface area contributed by atoms with E-state index in [1.807, 2.05) is 12.1 Å². The molecule has 0 unspecified atom stereocenters. The van der Waals surface area contributed by atoms with Crippen LogP contribution >= 0.6 is 0 Å². The average Bonchev–Trinajstić information content (AvgIpc) is 2.91. The molecular formula is C20H19FO3. The van der Waals surface area contributed by atoms with E-state index in [9.17, 15) is 9.18 Å². The van der Waals surface area contributed by atoms with E-state index in [2.05, 4.69) is 26.8 Å². The van der Waals surface area contributed by atoms with E-state index in [4.69, 9.17) is 9.15 Å². The van der Waals surface area contributed by atoms with Gasteiger partial charge in [-0.15, -0.1) is 0 Å². The molecule has 1 aromatic heterocycles. The molecule has 0 radical (unpaired) electrons. The van der Waals surface area contributed by atoms with Gasteiger partial charge < -0.3 is 9.15 Å². The van der Waals surface area contributed by atoms with Gasteiger partial charge in [-0.3, -0.25) is 4.79 Å². The molecule has 0 fully saturated rings. The molecule has 0 aliphatic heterocycles. The Kier molecular flexibility index (Phi) is 4.14. The van der Waals surface area contributed by atoms with Crippen molar-refractivity contribution in [1.82, 2.24) is 0 Å². The average molecular weight is 326 g/mol. The lowest BCUT2D eigenvalue weighted by molar-refractivity contribution is -0.133. The summed E-state index contributed by atoms with van der Waals surface area (Å²) in [5, 5.41) is 0.915. The standard InChI is InChI=1S/C20H19FO3/c1-20(2,3)14-4-9-18-17(11-14)13(12-23-18)10-19(22)24-16-7-5-15(21)6-8-16/h4-9,11-12H,10H2,1-3H3. The molecule has 24 heavy (non-hydrogen) atoms. The summed E-state index contributed by atoms with van der Waals surface area (Å²) in [6, 6.07) is 11.4. The van der Waals surface area contributed by atoms with Crippen molar-refractivity contribution in [3.8, 4) is 5.75 Å². The molecule has 0 atom stereocenters. The number of carbonyl (C=O) groups is 1. The van der Waals surface area contributed by atoms with Crippen LogP contribution in [-0.2, 0) is 16.6 Å². The Hall–Kier alpha value is -2.62. The number of fused-ring (bicyclic) bond motifs is 1.